The van der Waals surface area contributed by atoms with E-state index in [0.29, 0.717) is 0 Å². The van der Waals surface area contributed by atoms with Gasteiger partial charge >= 0.3 is 0 Å². The van der Waals surface area contributed by atoms with Gasteiger partial charge in [-0.15, -0.1) is 0 Å². The van der Waals surface area contributed by atoms with Crippen LogP contribution in [0.4, 0.5) is 0 Å². The molecule has 0 aliphatic rings. The van der Waals surface area contributed by atoms with Gasteiger partial charge in [0.15, 0.2) is 0 Å². The van der Waals surface area contributed by atoms with Gasteiger partial charge < -0.3 is 10.2 Å². The van der Waals surface area contributed by atoms with Gasteiger partial charge in [-0.25, -0.2) is 0 Å². The van der Waals surface area contributed by atoms with E-state index in [2.05, 4.69) is 60.5 Å². The Morgan fingerprint density at radius 2 is 1.90 bits per heavy atom. The minimum atomic E-state index is 0.136. The molecule has 1 aromatic heterocycles. The molecule has 108 valence electrons. The summed E-state index contributed by atoms with van der Waals surface area (Å²) >= 11 is 0. The Balaban J connectivity index is 2.00. The average molecular weight is 272 g/mol. The lowest BCUT2D eigenvalue weighted by Crippen LogP contribution is -2.46. The second-order valence-corrected chi connectivity index (χ2v) is 5.95. The van der Waals surface area contributed by atoms with E-state index in [0.717, 1.165) is 18.8 Å². The molecule has 4 nitrogen and oxygen atoms in total. The first kappa shape index (κ1) is 14.8. The molecule has 0 atom stereocenters. The Bertz CT molecular complexity index is 528. The van der Waals surface area contributed by atoms with Crippen LogP contribution in [0.1, 0.15) is 19.4 Å². The average Bonchev–Trinajstić information content (AvgIpc) is 2.88. The van der Waals surface area contributed by atoms with Crippen LogP contribution in [0.3, 0.4) is 0 Å². The molecule has 0 aliphatic heterocycles. The highest BCUT2D eigenvalue weighted by Crippen LogP contribution is 2.20. The fourth-order valence-electron chi connectivity index (χ4n) is 1.96. The first-order valence-electron chi connectivity index (χ1n) is 6.96. The van der Waals surface area contributed by atoms with Gasteiger partial charge in [-0.2, -0.15) is 5.10 Å². The number of aromatic amines is 1. The summed E-state index contributed by atoms with van der Waals surface area (Å²) in [6.07, 6.45) is 1.90. The lowest BCUT2D eigenvalue weighted by atomic mass is 10.0. The third kappa shape index (κ3) is 3.46. The lowest BCUT2D eigenvalue weighted by Gasteiger charge is -2.32. The number of benzene rings is 1. The highest BCUT2D eigenvalue weighted by atomic mass is 15.2. The number of H-pyrrole nitrogens is 1. The molecule has 0 spiro atoms. The molecule has 1 heterocycles. The SMILES string of the molecule is CN(C)C(C)(C)CNCc1cn[nH]c1-c1ccccc1. The smallest absolute Gasteiger partial charge is 0.0695 e. The van der Waals surface area contributed by atoms with E-state index in [1.54, 1.807) is 0 Å². The van der Waals surface area contributed by atoms with Gasteiger partial charge in [-0.05, 0) is 33.5 Å². The van der Waals surface area contributed by atoms with Crippen molar-refractivity contribution in [1.29, 1.82) is 0 Å². The van der Waals surface area contributed by atoms with Gasteiger partial charge in [0.2, 0.25) is 0 Å². The maximum atomic E-state index is 4.17. The van der Waals surface area contributed by atoms with Gasteiger partial charge in [-0.3, -0.25) is 5.10 Å². The van der Waals surface area contributed by atoms with Gasteiger partial charge in [0, 0.05) is 24.2 Å². The number of nitrogens with zero attached hydrogens (tertiary/aromatic N) is 2. The first-order chi connectivity index (χ1) is 9.50. The van der Waals surface area contributed by atoms with E-state index in [1.165, 1.54) is 11.1 Å². The minimum Gasteiger partial charge on any atom is -0.311 e. The predicted molar refractivity (Wildman–Crippen MR) is 83.5 cm³/mol. The maximum absolute atomic E-state index is 4.17. The molecule has 2 aromatic rings. The Labute approximate surface area is 121 Å². The summed E-state index contributed by atoms with van der Waals surface area (Å²) < 4.78 is 0. The molecule has 4 heteroatoms. The summed E-state index contributed by atoms with van der Waals surface area (Å²) in [4.78, 5) is 2.23. The molecule has 1 aromatic carbocycles. The summed E-state index contributed by atoms with van der Waals surface area (Å²) in [6.45, 7) is 6.21. The molecule has 0 saturated heterocycles. The molecular formula is C16H24N4. The number of likely N-dealkylation sites (N-methyl/N-ethyl adjacent to an activating group) is 1. The second-order valence-electron chi connectivity index (χ2n) is 5.95. The number of nitrogens with one attached hydrogen (secondary N) is 2. The Hall–Kier alpha value is -1.65. The molecule has 0 fully saturated rings. The van der Waals surface area contributed by atoms with E-state index in [4.69, 9.17) is 0 Å². The highest BCUT2D eigenvalue weighted by Gasteiger charge is 2.19. The van der Waals surface area contributed by atoms with E-state index in [1.807, 2.05) is 24.4 Å². The second kappa shape index (κ2) is 6.20. The van der Waals surface area contributed by atoms with E-state index >= 15 is 0 Å². The largest absolute Gasteiger partial charge is 0.311 e. The van der Waals surface area contributed by atoms with Crippen molar-refractivity contribution >= 4 is 0 Å². The zero-order chi connectivity index (χ0) is 14.6. The predicted octanol–water partition coefficient (Wildman–Crippen LogP) is 2.51. The van der Waals surface area contributed by atoms with Crippen molar-refractivity contribution in [3.63, 3.8) is 0 Å². The molecule has 2 N–H and O–H groups in total. The van der Waals surface area contributed by atoms with Crippen LogP contribution in [0.5, 0.6) is 0 Å². The molecule has 0 bridgehead atoms. The van der Waals surface area contributed by atoms with Gasteiger partial charge in [0.05, 0.1) is 11.9 Å². The quantitative estimate of drug-likeness (QED) is 0.849. The fourth-order valence-corrected chi connectivity index (χ4v) is 1.96. The van der Waals surface area contributed by atoms with Crippen molar-refractivity contribution in [3.05, 3.63) is 42.1 Å². The summed E-state index contributed by atoms with van der Waals surface area (Å²) in [7, 11) is 4.21. The van der Waals surface area contributed by atoms with Crippen LogP contribution in [-0.2, 0) is 6.54 Å². The monoisotopic (exact) mass is 272 g/mol. The maximum Gasteiger partial charge on any atom is 0.0695 e. The minimum absolute atomic E-state index is 0.136. The van der Waals surface area contributed by atoms with E-state index in [9.17, 15) is 0 Å². The van der Waals surface area contributed by atoms with Gasteiger partial charge in [0.1, 0.15) is 0 Å². The van der Waals surface area contributed by atoms with Crippen molar-refractivity contribution < 1.29 is 0 Å². The molecular weight excluding hydrogens is 248 g/mol. The first-order valence-corrected chi connectivity index (χ1v) is 6.96. The molecule has 20 heavy (non-hydrogen) atoms. The van der Waals surface area contributed by atoms with Crippen molar-refractivity contribution in [3.8, 4) is 11.3 Å². The molecule has 0 unspecified atom stereocenters. The Kier molecular flexibility index (Phi) is 4.57. The summed E-state index contributed by atoms with van der Waals surface area (Å²) in [6, 6.07) is 10.3. The standard InChI is InChI=1S/C16H24N4/c1-16(2,20(3)4)12-17-10-14-11-18-19-15(14)13-8-6-5-7-9-13/h5-9,11,17H,10,12H2,1-4H3,(H,18,19). The van der Waals surface area contributed by atoms with Crippen LogP contribution in [0.15, 0.2) is 36.5 Å². The normalized spacial score (nSPS) is 12.1. The Morgan fingerprint density at radius 3 is 2.55 bits per heavy atom. The zero-order valence-corrected chi connectivity index (χ0v) is 12.8. The van der Waals surface area contributed by atoms with Crippen LogP contribution in [0.2, 0.25) is 0 Å². The number of rotatable bonds is 6. The van der Waals surface area contributed by atoms with E-state index < -0.39 is 0 Å². The summed E-state index contributed by atoms with van der Waals surface area (Å²) in [5.41, 5.74) is 3.61. The molecule has 2 rings (SSSR count). The van der Waals surface area contributed by atoms with Gasteiger partial charge in [-0.1, -0.05) is 30.3 Å². The van der Waals surface area contributed by atoms with Crippen molar-refractivity contribution in [2.45, 2.75) is 25.9 Å². The van der Waals surface area contributed by atoms with Crippen molar-refractivity contribution in [1.82, 2.24) is 20.4 Å². The van der Waals surface area contributed by atoms with Crippen LogP contribution in [0, 0.1) is 0 Å². The fraction of sp³-hybridized carbons (Fsp3) is 0.438. The highest BCUT2D eigenvalue weighted by molar-refractivity contribution is 5.62. The molecule has 0 saturated carbocycles. The molecule has 0 amide bonds. The van der Waals surface area contributed by atoms with E-state index in [-0.39, 0.29) is 5.54 Å². The molecule has 0 radical (unpaired) electrons. The summed E-state index contributed by atoms with van der Waals surface area (Å²) in [5.74, 6) is 0. The van der Waals surface area contributed by atoms with Crippen molar-refractivity contribution in [2.24, 2.45) is 0 Å². The van der Waals surface area contributed by atoms with Crippen LogP contribution in [0.25, 0.3) is 11.3 Å². The lowest BCUT2D eigenvalue weighted by molar-refractivity contribution is 0.190. The van der Waals surface area contributed by atoms with Crippen LogP contribution < -0.4 is 5.32 Å². The number of aromatic nitrogens is 2. The van der Waals surface area contributed by atoms with Crippen LogP contribution >= 0.6 is 0 Å². The molecule has 0 aliphatic carbocycles. The summed E-state index contributed by atoms with van der Waals surface area (Å²) in [5, 5.41) is 10.8. The van der Waals surface area contributed by atoms with Crippen molar-refractivity contribution in [2.75, 3.05) is 20.6 Å². The number of hydrogen-bond acceptors (Lipinski definition) is 3. The topological polar surface area (TPSA) is 44.0 Å². The van der Waals surface area contributed by atoms with Crippen LogP contribution in [-0.4, -0.2) is 41.3 Å². The third-order valence-corrected chi connectivity index (χ3v) is 3.86. The Morgan fingerprint density at radius 1 is 1.20 bits per heavy atom. The number of hydrogen-bond donors (Lipinski definition) is 2. The van der Waals surface area contributed by atoms with Gasteiger partial charge in [0.25, 0.3) is 0 Å². The third-order valence-electron chi connectivity index (χ3n) is 3.86. The zero-order valence-electron chi connectivity index (χ0n) is 12.8.